The highest BCUT2D eigenvalue weighted by atomic mass is 32.1. The van der Waals surface area contributed by atoms with Gasteiger partial charge in [0.2, 0.25) is 0 Å². The van der Waals surface area contributed by atoms with Crippen LogP contribution in [0.1, 0.15) is 33.0 Å². The second-order valence-corrected chi connectivity index (χ2v) is 6.76. The number of carbonyl (C=O) groups is 1. The summed E-state index contributed by atoms with van der Waals surface area (Å²) in [6.45, 7) is 2.66. The van der Waals surface area contributed by atoms with E-state index in [-0.39, 0.29) is 11.1 Å². The summed E-state index contributed by atoms with van der Waals surface area (Å²) < 4.78 is 1.68. The molecule has 0 unspecified atom stereocenters. The smallest absolute Gasteiger partial charge is 0.335 e. The van der Waals surface area contributed by atoms with E-state index in [9.17, 15) is 9.59 Å². The van der Waals surface area contributed by atoms with Crippen molar-refractivity contribution in [1.29, 1.82) is 0 Å². The Labute approximate surface area is 141 Å². The number of nitrogens with zero attached hydrogens (tertiary/aromatic N) is 2. The molecule has 0 saturated heterocycles. The Hall–Kier alpha value is -2.73. The first kappa shape index (κ1) is 14.8. The Bertz CT molecular complexity index is 1080. The number of allylic oxidation sites excluding steroid dienone is 1. The van der Waals surface area contributed by atoms with Crippen molar-refractivity contribution in [3.63, 3.8) is 0 Å². The molecule has 0 saturated carbocycles. The lowest BCUT2D eigenvalue weighted by atomic mass is 10.1. The minimum atomic E-state index is -1.02. The number of aromatic carboxylic acids is 1. The monoisotopic (exact) mass is 338 g/mol. The summed E-state index contributed by atoms with van der Waals surface area (Å²) in [5, 5.41) is 11.6. The molecule has 1 aliphatic heterocycles. The predicted molar refractivity (Wildman–Crippen MR) is 94.5 cm³/mol. The topological polar surface area (TPSA) is 72.2 Å². The van der Waals surface area contributed by atoms with Gasteiger partial charge in [0.1, 0.15) is 5.82 Å². The Morgan fingerprint density at radius 1 is 1.38 bits per heavy atom. The van der Waals surface area contributed by atoms with Crippen molar-refractivity contribution in [3.05, 3.63) is 61.8 Å². The summed E-state index contributed by atoms with van der Waals surface area (Å²) in [6.07, 6.45) is 2.83. The van der Waals surface area contributed by atoms with Crippen LogP contribution < -0.4 is 5.56 Å². The standard InChI is InChI=1S/C18H14N2O3S/c1-10-5-7-24-15(10)9-11-4-6-20-16(11)19-14-8-12(18(22)23)2-3-13(14)17(20)21/h2-3,5,7-9H,4,6H2,1H3,(H,22,23)/b11-9-. The van der Waals surface area contributed by atoms with Crippen molar-refractivity contribution in [2.75, 3.05) is 0 Å². The maximum absolute atomic E-state index is 12.7. The van der Waals surface area contributed by atoms with Crippen LogP contribution in [-0.4, -0.2) is 20.6 Å². The summed E-state index contributed by atoms with van der Waals surface area (Å²) in [4.78, 5) is 29.6. The van der Waals surface area contributed by atoms with Crippen molar-refractivity contribution in [3.8, 4) is 0 Å². The van der Waals surface area contributed by atoms with E-state index in [4.69, 9.17) is 5.11 Å². The Balaban J connectivity index is 1.93. The number of hydrogen-bond acceptors (Lipinski definition) is 4. The normalized spacial score (nSPS) is 15.1. The molecule has 0 atom stereocenters. The number of aryl methyl sites for hydroxylation is 1. The van der Waals surface area contributed by atoms with Gasteiger partial charge in [0.25, 0.3) is 5.56 Å². The van der Waals surface area contributed by atoms with Crippen molar-refractivity contribution in [2.24, 2.45) is 0 Å². The zero-order valence-corrected chi connectivity index (χ0v) is 13.8. The molecule has 1 N–H and O–H groups in total. The van der Waals surface area contributed by atoms with Gasteiger partial charge in [-0.15, -0.1) is 11.3 Å². The van der Waals surface area contributed by atoms with Gasteiger partial charge in [-0.05, 0) is 60.2 Å². The van der Waals surface area contributed by atoms with Crippen molar-refractivity contribution in [1.82, 2.24) is 9.55 Å². The number of thiophene rings is 1. The van der Waals surface area contributed by atoms with Crippen LogP contribution in [0.4, 0.5) is 0 Å². The summed E-state index contributed by atoms with van der Waals surface area (Å²) in [7, 11) is 0. The number of carboxylic acids is 1. The minimum Gasteiger partial charge on any atom is -0.478 e. The third-order valence-electron chi connectivity index (χ3n) is 4.30. The van der Waals surface area contributed by atoms with Crippen molar-refractivity contribution < 1.29 is 9.90 Å². The third-order valence-corrected chi connectivity index (χ3v) is 5.27. The molecule has 3 aromatic rings. The largest absolute Gasteiger partial charge is 0.478 e. The quantitative estimate of drug-likeness (QED) is 0.777. The Morgan fingerprint density at radius 3 is 2.92 bits per heavy atom. The zero-order chi connectivity index (χ0) is 16.8. The van der Waals surface area contributed by atoms with E-state index in [0.29, 0.717) is 23.3 Å². The van der Waals surface area contributed by atoms with Gasteiger partial charge >= 0.3 is 5.97 Å². The van der Waals surface area contributed by atoms with E-state index in [1.165, 1.54) is 17.7 Å². The molecule has 0 spiro atoms. The van der Waals surface area contributed by atoms with E-state index < -0.39 is 5.97 Å². The first-order valence-corrected chi connectivity index (χ1v) is 8.45. The molecule has 6 heteroatoms. The average molecular weight is 338 g/mol. The van der Waals surface area contributed by atoms with Crippen LogP contribution in [0.25, 0.3) is 22.6 Å². The summed E-state index contributed by atoms with van der Waals surface area (Å²) in [5.74, 6) is -0.382. The Kier molecular flexibility index (Phi) is 3.35. The fourth-order valence-electron chi connectivity index (χ4n) is 2.98. The van der Waals surface area contributed by atoms with Gasteiger partial charge in [0, 0.05) is 11.4 Å². The highest BCUT2D eigenvalue weighted by Crippen LogP contribution is 2.30. The van der Waals surface area contributed by atoms with E-state index in [1.807, 2.05) is 5.38 Å². The van der Waals surface area contributed by atoms with Crippen LogP contribution in [0.3, 0.4) is 0 Å². The molecular weight excluding hydrogens is 324 g/mol. The summed E-state index contributed by atoms with van der Waals surface area (Å²) >= 11 is 1.66. The number of rotatable bonds is 2. The molecule has 4 rings (SSSR count). The molecule has 2 aromatic heterocycles. The number of aromatic nitrogens is 2. The molecule has 120 valence electrons. The number of fused-ring (bicyclic) bond motifs is 2. The van der Waals surface area contributed by atoms with Gasteiger partial charge in [-0.25, -0.2) is 9.78 Å². The molecular formula is C18H14N2O3S. The maximum Gasteiger partial charge on any atom is 0.335 e. The van der Waals surface area contributed by atoms with Crippen LogP contribution in [0, 0.1) is 6.92 Å². The van der Waals surface area contributed by atoms with Gasteiger partial charge in [-0.3, -0.25) is 9.36 Å². The molecule has 0 radical (unpaired) electrons. The lowest BCUT2D eigenvalue weighted by molar-refractivity contribution is 0.0697. The van der Waals surface area contributed by atoms with Gasteiger partial charge in [-0.1, -0.05) is 0 Å². The lowest BCUT2D eigenvalue weighted by Crippen LogP contribution is -2.20. The molecule has 0 bridgehead atoms. The molecule has 1 aliphatic rings. The zero-order valence-electron chi connectivity index (χ0n) is 12.9. The van der Waals surface area contributed by atoms with Crippen molar-refractivity contribution in [2.45, 2.75) is 19.9 Å². The lowest BCUT2D eigenvalue weighted by Gasteiger charge is -2.06. The van der Waals surface area contributed by atoms with E-state index in [2.05, 4.69) is 24.1 Å². The van der Waals surface area contributed by atoms with Crippen LogP contribution >= 0.6 is 11.3 Å². The first-order chi connectivity index (χ1) is 11.5. The van der Waals surface area contributed by atoms with Crippen LogP contribution in [0.5, 0.6) is 0 Å². The summed E-state index contributed by atoms with van der Waals surface area (Å²) in [5.41, 5.74) is 2.67. The van der Waals surface area contributed by atoms with Crippen molar-refractivity contribution >= 4 is 39.9 Å². The molecule has 1 aromatic carbocycles. The Morgan fingerprint density at radius 2 is 2.21 bits per heavy atom. The summed E-state index contributed by atoms with van der Waals surface area (Å²) in [6, 6.07) is 6.52. The fraction of sp³-hybridized carbons (Fsp3) is 0.167. The second-order valence-electron chi connectivity index (χ2n) is 5.82. The third kappa shape index (κ3) is 2.27. The van der Waals surface area contributed by atoms with E-state index in [0.717, 1.165) is 16.9 Å². The highest BCUT2D eigenvalue weighted by Gasteiger charge is 2.21. The van der Waals surface area contributed by atoms with Crippen LogP contribution in [0.15, 0.2) is 34.4 Å². The van der Waals surface area contributed by atoms with Crippen LogP contribution in [-0.2, 0) is 6.54 Å². The molecule has 0 aliphatic carbocycles. The fourth-order valence-corrected chi connectivity index (χ4v) is 3.86. The highest BCUT2D eigenvalue weighted by molar-refractivity contribution is 7.11. The molecule has 5 nitrogen and oxygen atoms in total. The minimum absolute atomic E-state index is 0.113. The first-order valence-electron chi connectivity index (χ1n) is 7.57. The van der Waals surface area contributed by atoms with Gasteiger partial charge in [-0.2, -0.15) is 0 Å². The molecule has 3 heterocycles. The molecule has 24 heavy (non-hydrogen) atoms. The average Bonchev–Trinajstić information content (AvgIpc) is 3.15. The van der Waals surface area contributed by atoms with Crippen LogP contribution in [0.2, 0.25) is 0 Å². The maximum atomic E-state index is 12.7. The SMILES string of the molecule is Cc1ccsc1/C=C1/CCn2c1nc1cc(C(=O)O)ccc1c2=O. The van der Waals surface area contributed by atoms with E-state index >= 15 is 0 Å². The predicted octanol–water partition coefficient (Wildman–Crippen LogP) is 3.41. The number of benzene rings is 1. The van der Waals surface area contributed by atoms with E-state index in [1.54, 1.807) is 22.0 Å². The number of carboxylic acid groups (broad SMARTS) is 1. The van der Waals surface area contributed by atoms with Gasteiger partial charge < -0.3 is 5.11 Å². The number of hydrogen-bond donors (Lipinski definition) is 1. The van der Waals surface area contributed by atoms with Gasteiger partial charge in [0.05, 0.1) is 16.5 Å². The molecule has 0 amide bonds. The second kappa shape index (κ2) is 5.42. The van der Waals surface area contributed by atoms with Gasteiger partial charge in [0.15, 0.2) is 0 Å². The molecule has 0 fully saturated rings.